The van der Waals surface area contributed by atoms with Gasteiger partial charge in [-0.25, -0.2) is 0 Å². The summed E-state index contributed by atoms with van der Waals surface area (Å²) >= 11 is 7.57. The van der Waals surface area contributed by atoms with Crippen molar-refractivity contribution in [1.29, 1.82) is 0 Å². The molecule has 3 nitrogen and oxygen atoms in total. The maximum atomic E-state index is 12.5. The van der Waals surface area contributed by atoms with Crippen molar-refractivity contribution in [2.24, 2.45) is 0 Å². The minimum Gasteiger partial charge on any atom is -0.481 e. The van der Waals surface area contributed by atoms with Gasteiger partial charge in [0, 0.05) is 21.2 Å². The number of para-hydroxylation sites is 1. The van der Waals surface area contributed by atoms with Gasteiger partial charge in [0.1, 0.15) is 5.75 Å². The van der Waals surface area contributed by atoms with E-state index in [1.807, 2.05) is 41.8 Å². The monoisotopic (exact) mass is 357 g/mol. The van der Waals surface area contributed by atoms with Crippen molar-refractivity contribution in [1.82, 2.24) is 0 Å². The van der Waals surface area contributed by atoms with Gasteiger partial charge in [-0.15, -0.1) is 11.3 Å². The van der Waals surface area contributed by atoms with Crippen molar-refractivity contribution in [3.05, 3.63) is 71.1 Å². The van der Waals surface area contributed by atoms with Gasteiger partial charge in [-0.1, -0.05) is 41.9 Å². The van der Waals surface area contributed by atoms with Crippen LogP contribution >= 0.6 is 22.9 Å². The van der Waals surface area contributed by atoms with Crippen molar-refractivity contribution in [3.8, 4) is 16.2 Å². The minimum absolute atomic E-state index is 0.209. The molecule has 1 atom stereocenters. The maximum absolute atomic E-state index is 12.5. The second kappa shape index (κ2) is 7.51. The molecule has 0 aliphatic heterocycles. The lowest BCUT2D eigenvalue weighted by atomic mass is 10.1. The van der Waals surface area contributed by atoms with Gasteiger partial charge in [-0.05, 0) is 42.6 Å². The zero-order chi connectivity index (χ0) is 16.9. The summed E-state index contributed by atoms with van der Waals surface area (Å²) in [4.78, 5) is 13.6. The molecule has 5 heteroatoms. The van der Waals surface area contributed by atoms with E-state index in [2.05, 4.69) is 5.32 Å². The van der Waals surface area contributed by atoms with Crippen molar-refractivity contribution < 1.29 is 9.53 Å². The molecular formula is C19H16ClNO2S. The first kappa shape index (κ1) is 16.6. The Morgan fingerprint density at radius 1 is 1.12 bits per heavy atom. The van der Waals surface area contributed by atoms with Gasteiger partial charge in [0.05, 0.1) is 0 Å². The number of amides is 1. The molecule has 0 saturated heterocycles. The summed E-state index contributed by atoms with van der Waals surface area (Å²) in [6, 6.07) is 18.8. The number of carbonyl (C=O) groups is 1. The first-order chi connectivity index (χ1) is 11.6. The molecule has 122 valence electrons. The van der Waals surface area contributed by atoms with E-state index in [1.54, 1.807) is 42.5 Å². The average molecular weight is 358 g/mol. The smallest absolute Gasteiger partial charge is 0.265 e. The van der Waals surface area contributed by atoms with Crippen LogP contribution in [0.2, 0.25) is 5.02 Å². The molecule has 0 unspecified atom stereocenters. The van der Waals surface area contributed by atoms with E-state index in [0.29, 0.717) is 10.8 Å². The number of rotatable bonds is 5. The molecule has 1 N–H and O–H groups in total. The third-order valence-corrected chi connectivity index (χ3v) is 4.59. The van der Waals surface area contributed by atoms with Gasteiger partial charge in [-0.2, -0.15) is 0 Å². The number of halogens is 1. The van der Waals surface area contributed by atoms with E-state index in [-0.39, 0.29) is 5.91 Å². The number of carbonyl (C=O) groups excluding carboxylic acids is 1. The highest BCUT2D eigenvalue weighted by Crippen LogP contribution is 2.31. The maximum Gasteiger partial charge on any atom is 0.265 e. The fourth-order valence-electron chi connectivity index (χ4n) is 2.27. The van der Waals surface area contributed by atoms with Crippen molar-refractivity contribution in [2.45, 2.75) is 13.0 Å². The lowest BCUT2D eigenvalue weighted by molar-refractivity contribution is -0.122. The van der Waals surface area contributed by atoms with Crippen molar-refractivity contribution >= 4 is 34.5 Å². The van der Waals surface area contributed by atoms with Gasteiger partial charge >= 0.3 is 0 Å². The van der Waals surface area contributed by atoms with Crippen LogP contribution in [-0.2, 0) is 4.79 Å². The Morgan fingerprint density at radius 2 is 1.96 bits per heavy atom. The number of benzene rings is 2. The molecule has 0 aliphatic carbocycles. The Morgan fingerprint density at radius 3 is 2.71 bits per heavy atom. The minimum atomic E-state index is -0.639. The molecule has 0 aliphatic rings. The predicted molar refractivity (Wildman–Crippen MR) is 99.9 cm³/mol. The lowest BCUT2D eigenvalue weighted by Gasteiger charge is -2.16. The number of ether oxygens (including phenoxy) is 1. The standard InChI is InChI=1S/C19H16ClNO2S/c1-13(23-15-7-4-6-14(20)12-15)19(22)21-17-9-3-2-8-16(17)18-10-5-11-24-18/h2-13H,1H3,(H,21,22)/t13-/m0/s1. The lowest BCUT2D eigenvalue weighted by Crippen LogP contribution is -2.30. The molecule has 0 saturated carbocycles. The van der Waals surface area contributed by atoms with Gasteiger partial charge < -0.3 is 10.1 Å². The molecule has 24 heavy (non-hydrogen) atoms. The Kier molecular flexibility index (Phi) is 5.18. The predicted octanol–water partition coefficient (Wildman–Crippen LogP) is 5.47. The fourth-order valence-corrected chi connectivity index (χ4v) is 3.22. The van der Waals surface area contributed by atoms with E-state index < -0.39 is 6.10 Å². The van der Waals surface area contributed by atoms with Crippen LogP contribution in [0.5, 0.6) is 5.75 Å². The van der Waals surface area contributed by atoms with Crippen LogP contribution < -0.4 is 10.1 Å². The number of hydrogen-bond donors (Lipinski definition) is 1. The Balaban J connectivity index is 1.73. The SMILES string of the molecule is C[C@H](Oc1cccc(Cl)c1)C(=O)Nc1ccccc1-c1cccs1. The third-order valence-electron chi connectivity index (χ3n) is 3.45. The summed E-state index contributed by atoms with van der Waals surface area (Å²) in [5, 5.41) is 5.53. The Labute approximate surface area is 149 Å². The van der Waals surface area contributed by atoms with E-state index in [0.717, 1.165) is 16.1 Å². The van der Waals surface area contributed by atoms with Gasteiger partial charge in [0.2, 0.25) is 0 Å². The Hall–Kier alpha value is -2.30. The zero-order valence-electron chi connectivity index (χ0n) is 13.0. The largest absolute Gasteiger partial charge is 0.481 e. The van der Waals surface area contributed by atoms with E-state index in [4.69, 9.17) is 16.3 Å². The van der Waals surface area contributed by atoms with Crippen LogP contribution in [-0.4, -0.2) is 12.0 Å². The highest BCUT2D eigenvalue weighted by Gasteiger charge is 2.17. The molecule has 3 aromatic rings. The molecule has 3 rings (SSSR count). The highest BCUT2D eigenvalue weighted by molar-refractivity contribution is 7.13. The summed E-state index contributed by atoms with van der Waals surface area (Å²) in [6.45, 7) is 1.71. The van der Waals surface area contributed by atoms with Crippen LogP contribution in [0.15, 0.2) is 66.0 Å². The van der Waals surface area contributed by atoms with Crippen LogP contribution in [0.3, 0.4) is 0 Å². The highest BCUT2D eigenvalue weighted by atomic mass is 35.5. The summed E-state index contributed by atoms with van der Waals surface area (Å²) in [5.74, 6) is 0.357. The first-order valence-electron chi connectivity index (χ1n) is 7.49. The second-order valence-electron chi connectivity index (χ2n) is 5.23. The van der Waals surface area contributed by atoms with Crippen LogP contribution in [0.4, 0.5) is 5.69 Å². The van der Waals surface area contributed by atoms with Crippen molar-refractivity contribution in [3.63, 3.8) is 0 Å². The van der Waals surface area contributed by atoms with E-state index in [9.17, 15) is 4.79 Å². The van der Waals surface area contributed by atoms with Gasteiger partial charge in [-0.3, -0.25) is 4.79 Å². The summed E-state index contributed by atoms with van der Waals surface area (Å²) in [7, 11) is 0. The topological polar surface area (TPSA) is 38.3 Å². The molecule has 0 bridgehead atoms. The zero-order valence-corrected chi connectivity index (χ0v) is 14.6. The quantitative estimate of drug-likeness (QED) is 0.657. The summed E-state index contributed by atoms with van der Waals surface area (Å²) in [5.41, 5.74) is 1.77. The van der Waals surface area contributed by atoms with Crippen LogP contribution in [0.25, 0.3) is 10.4 Å². The number of hydrogen-bond acceptors (Lipinski definition) is 3. The summed E-state index contributed by atoms with van der Waals surface area (Å²) < 4.78 is 5.67. The molecule has 1 aromatic heterocycles. The fraction of sp³-hybridized carbons (Fsp3) is 0.105. The molecule has 0 fully saturated rings. The van der Waals surface area contributed by atoms with Gasteiger partial charge in [0.25, 0.3) is 5.91 Å². The number of anilines is 1. The number of nitrogens with one attached hydrogen (secondary N) is 1. The van der Waals surface area contributed by atoms with E-state index >= 15 is 0 Å². The average Bonchev–Trinajstić information content (AvgIpc) is 3.09. The van der Waals surface area contributed by atoms with Crippen LogP contribution in [0, 0.1) is 0 Å². The first-order valence-corrected chi connectivity index (χ1v) is 8.75. The molecule has 1 amide bonds. The van der Waals surface area contributed by atoms with E-state index in [1.165, 1.54) is 0 Å². The number of thiophene rings is 1. The van der Waals surface area contributed by atoms with Crippen LogP contribution in [0.1, 0.15) is 6.92 Å². The Bertz CT molecular complexity index is 833. The molecule has 1 heterocycles. The second-order valence-corrected chi connectivity index (χ2v) is 6.61. The molecule has 0 spiro atoms. The molecule has 0 radical (unpaired) electrons. The third kappa shape index (κ3) is 3.96. The molecule has 2 aromatic carbocycles. The summed E-state index contributed by atoms with van der Waals surface area (Å²) in [6.07, 6.45) is -0.639. The van der Waals surface area contributed by atoms with Crippen molar-refractivity contribution in [2.75, 3.05) is 5.32 Å². The molecular weight excluding hydrogens is 342 g/mol. The van der Waals surface area contributed by atoms with Gasteiger partial charge in [0.15, 0.2) is 6.10 Å². The normalized spacial score (nSPS) is 11.8.